The van der Waals surface area contributed by atoms with Crippen LogP contribution in [0.25, 0.3) is 0 Å². The maximum absolute atomic E-state index is 14.6. The van der Waals surface area contributed by atoms with E-state index in [0.717, 1.165) is 0 Å². The largest absolute Gasteiger partial charge is 0.392 e. The highest BCUT2D eigenvalue weighted by atomic mass is 19.3. The molecule has 0 spiro atoms. The number of urea groups is 1. The maximum atomic E-state index is 14.6. The molecule has 1 aliphatic heterocycles. The first-order chi connectivity index (χ1) is 13.4. The molecule has 2 fully saturated rings. The third-order valence-electron chi connectivity index (χ3n) is 6.03. The van der Waals surface area contributed by atoms with E-state index in [1.165, 1.54) is 17.0 Å². The third-order valence-corrected chi connectivity index (χ3v) is 6.03. The lowest BCUT2D eigenvalue weighted by atomic mass is 9.87. The lowest BCUT2D eigenvalue weighted by molar-refractivity contribution is 0.0776. The Morgan fingerprint density at radius 1 is 1.21 bits per heavy atom. The highest BCUT2D eigenvalue weighted by Crippen LogP contribution is 2.70. The second-order valence-corrected chi connectivity index (χ2v) is 7.45. The van der Waals surface area contributed by atoms with Crippen molar-refractivity contribution < 1.29 is 23.1 Å². The summed E-state index contributed by atoms with van der Waals surface area (Å²) in [6.07, 6.45) is 0.210. The molecule has 7 heteroatoms. The maximum Gasteiger partial charge on any atom is 0.317 e. The van der Waals surface area contributed by atoms with Gasteiger partial charge in [0.2, 0.25) is 0 Å². The Morgan fingerprint density at radius 2 is 1.96 bits per heavy atom. The van der Waals surface area contributed by atoms with Crippen molar-refractivity contribution >= 4 is 6.03 Å². The molecule has 148 valence electrons. The molecule has 1 saturated carbocycles. The summed E-state index contributed by atoms with van der Waals surface area (Å²) in [5.74, 6) is -4.26. The number of fused-ring (bicyclic) bond motifs is 1. The SMILES string of the molecule is O=C(NCc1ccc(CO)c(F)c1)N1CCC2(c3ccccc3)C(C1)C2(F)F. The molecule has 4 rings (SSSR count). The molecule has 0 bridgehead atoms. The van der Waals surface area contributed by atoms with E-state index in [4.69, 9.17) is 5.11 Å². The monoisotopic (exact) mass is 390 g/mol. The number of amides is 2. The minimum atomic E-state index is -2.83. The summed E-state index contributed by atoms with van der Waals surface area (Å²) < 4.78 is 43.0. The van der Waals surface area contributed by atoms with Gasteiger partial charge in [-0.3, -0.25) is 0 Å². The molecule has 2 aliphatic rings. The Balaban J connectivity index is 1.40. The van der Waals surface area contributed by atoms with Crippen LogP contribution in [0.1, 0.15) is 23.1 Å². The van der Waals surface area contributed by atoms with Gasteiger partial charge in [-0.15, -0.1) is 0 Å². The smallest absolute Gasteiger partial charge is 0.317 e. The molecule has 1 heterocycles. The van der Waals surface area contributed by atoms with Crippen LogP contribution in [-0.2, 0) is 18.6 Å². The molecule has 2 aromatic carbocycles. The van der Waals surface area contributed by atoms with E-state index >= 15 is 0 Å². The Morgan fingerprint density at radius 3 is 2.61 bits per heavy atom. The van der Waals surface area contributed by atoms with E-state index in [1.807, 2.05) is 0 Å². The van der Waals surface area contributed by atoms with Gasteiger partial charge in [-0.2, -0.15) is 0 Å². The molecule has 1 saturated heterocycles. The minimum absolute atomic E-state index is 0.00839. The topological polar surface area (TPSA) is 52.6 Å². The number of alkyl halides is 2. The van der Waals surface area contributed by atoms with Crippen molar-refractivity contribution in [2.75, 3.05) is 13.1 Å². The van der Waals surface area contributed by atoms with E-state index in [2.05, 4.69) is 5.32 Å². The highest BCUT2D eigenvalue weighted by Gasteiger charge is 2.81. The van der Waals surface area contributed by atoms with Gasteiger partial charge in [-0.25, -0.2) is 18.0 Å². The number of halogens is 3. The summed E-state index contributed by atoms with van der Waals surface area (Å²) in [6, 6.07) is 12.7. The zero-order valence-corrected chi connectivity index (χ0v) is 15.2. The fraction of sp³-hybridized carbons (Fsp3) is 0.381. The van der Waals surface area contributed by atoms with Crippen LogP contribution in [-0.4, -0.2) is 35.0 Å². The molecule has 2 unspecified atom stereocenters. The average Bonchev–Trinajstić information content (AvgIpc) is 3.22. The second kappa shape index (κ2) is 6.81. The quantitative estimate of drug-likeness (QED) is 0.840. The lowest BCUT2D eigenvalue weighted by Crippen LogP contribution is -2.45. The summed E-state index contributed by atoms with van der Waals surface area (Å²) in [4.78, 5) is 13.8. The van der Waals surface area contributed by atoms with Gasteiger partial charge in [-0.05, 0) is 23.6 Å². The summed E-state index contributed by atoms with van der Waals surface area (Å²) in [6.45, 7) is -0.0793. The van der Waals surface area contributed by atoms with E-state index in [-0.39, 0.29) is 31.6 Å². The van der Waals surface area contributed by atoms with Gasteiger partial charge in [0.1, 0.15) is 5.82 Å². The predicted molar refractivity (Wildman–Crippen MR) is 97.3 cm³/mol. The van der Waals surface area contributed by atoms with Crippen LogP contribution in [0, 0.1) is 11.7 Å². The lowest BCUT2D eigenvalue weighted by Gasteiger charge is -2.30. The van der Waals surface area contributed by atoms with Gasteiger partial charge in [0.15, 0.2) is 0 Å². The Bertz CT molecular complexity index is 890. The minimum Gasteiger partial charge on any atom is -0.392 e. The van der Waals surface area contributed by atoms with Crippen LogP contribution in [0.15, 0.2) is 48.5 Å². The molecule has 0 aromatic heterocycles. The number of carbonyl (C=O) groups excluding carboxylic acids is 1. The average molecular weight is 390 g/mol. The molecule has 2 N–H and O–H groups in total. The molecule has 2 amide bonds. The number of likely N-dealkylation sites (tertiary alicyclic amines) is 1. The van der Waals surface area contributed by atoms with E-state index in [1.54, 1.807) is 36.4 Å². The number of hydrogen-bond acceptors (Lipinski definition) is 2. The first-order valence-corrected chi connectivity index (χ1v) is 9.24. The first kappa shape index (κ1) is 18.8. The number of carbonyl (C=O) groups is 1. The number of piperidine rings is 1. The molecule has 2 atom stereocenters. The molecular formula is C21H21F3N2O2. The Labute approximate surface area is 161 Å². The molecular weight excluding hydrogens is 369 g/mol. The number of benzene rings is 2. The Kier molecular flexibility index (Phi) is 4.57. The van der Waals surface area contributed by atoms with Crippen molar-refractivity contribution in [2.24, 2.45) is 5.92 Å². The summed E-state index contributed by atoms with van der Waals surface area (Å²) in [7, 11) is 0. The molecule has 4 nitrogen and oxygen atoms in total. The number of nitrogens with one attached hydrogen (secondary N) is 1. The summed E-state index contributed by atoms with van der Waals surface area (Å²) in [5.41, 5.74) is 0.174. The zero-order valence-electron chi connectivity index (χ0n) is 15.2. The number of nitrogens with zero attached hydrogens (tertiary/aromatic N) is 1. The third kappa shape index (κ3) is 2.85. The number of aliphatic hydroxyl groups excluding tert-OH is 1. The standard InChI is InChI=1S/C21H21F3N2O2/c22-17-10-14(6-7-15(17)13-27)11-25-19(28)26-9-8-20(16-4-2-1-3-5-16)18(12-26)21(20,23)24/h1-7,10,18,27H,8-9,11-13H2,(H,25,28). The van der Waals surface area contributed by atoms with Crippen molar-refractivity contribution in [2.45, 2.75) is 30.9 Å². The van der Waals surface area contributed by atoms with E-state index in [0.29, 0.717) is 11.1 Å². The van der Waals surface area contributed by atoms with Gasteiger partial charge in [-0.1, -0.05) is 42.5 Å². The number of aliphatic hydroxyl groups is 1. The Hall–Kier alpha value is -2.54. The normalized spacial score (nSPS) is 25.1. The predicted octanol–water partition coefficient (Wildman–Crippen LogP) is 3.44. The van der Waals surface area contributed by atoms with E-state index in [9.17, 15) is 18.0 Å². The fourth-order valence-corrected chi connectivity index (χ4v) is 4.34. The van der Waals surface area contributed by atoms with Crippen LogP contribution in [0.3, 0.4) is 0 Å². The summed E-state index contributed by atoms with van der Waals surface area (Å²) >= 11 is 0. The van der Waals surface area contributed by atoms with Crippen LogP contribution in [0.5, 0.6) is 0 Å². The fourth-order valence-electron chi connectivity index (χ4n) is 4.34. The van der Waals surface area contributed by atoms with Gasteiger partial charge >= 0.3 is 6.03 Å². The molecule has 1 aliphatic carbocycles. The highest BCUT2D eigenvalue weighted by molar-refractivity contribution is 5.74. The molecule has 28 heavy (non-hydrogen) atoms. The van der Waals surface area contributed by atoms with Crippen molar-refractivity contribution in [3.8, 4) is 0 Å². The van der Waals surface area contributed by atoms with Gasteiger partial charge in [0.25, 0.3) is 5.92 Å². The number of rotatable bonds is 4. The van der Waals surface area contributed by atoms with Gasteiger partial charge in [0.05, 0.1) is 17.9 Å². The van der Waals surface area contributed by atoms with E-state index < -0.39 is 35.7 Å². The van der Waals surface area contributed by atoms with Gasteiger partial charge < -0.3 is 15.3 Å². The van der Waals surface area contributed by atoms with Crippen LogP contribution in [0.4, 0.5) is 18.0 Å². The van der Waals surface area contributed by atoms with Crippen LogP contribution in [0.2, 0.25) is 0 Å². The zero-order chi connectivity index (χ0) is 19.9. The van der Waals surface area contributed by atoms with Gasteiger partial charge in [0, 0.05) is 25.2 Å². The number of hydrogen-bond donors (Lipinski definition) is 2. The molecule has 0 radical (unpaired) electrons. The molecule has 2 aromatic rings. The van der Waals surface area contributed by atoms with Crippen molar-refractivity contribution in [1.82, 2.24) is 10.2 Å². The van der Waals surface area contributed by atoms with Crippen molar-refractivity contribution in [3.63, 3.8) is 0 Å². The van der Waals surface area contributed by atoms with Crippen molar-refractivity contribution in [3.05, 3.63) is 71.0 Å². The second-order valence-electron chi connectivity index (χ2n) is 7.45. The summed E-state index contributed by atoms with van der Waals surface area (Å²) in [5, 5.41) is 11.7. The first-order valence-electron chi connectivity index (χ1n) is 9.24. The van der Waals surface area contributed by atoms with Crippen LogP contribution < -0.4 is 5.32 Å². The van der Waals surface area contributed by atoms with Crippen molar-refractivity contribution in [1.29, 1.82) is 0 Å². The van der Waals surface area contributed by atoms with Crippen LogP contribution >= 0.6 is 0 Å².